The molecule has 0 aromatic rings. The second-order valence-electron chi connectivity index (χ2n) is 1.71. The Labute approximate surface area is 94.4 Å². The molecule has 0 amide bonds. The molecule has 0 aromatic heterocycles. The number of rotatable bonds is 5. The van der Waals surface area contributed by atoms with Crippen LogP contribution in [0.5, 0.6) is 0 Å². The van der Waals surface area contributed by atoms with Crippen molar-refractivity contribution in [1.29, 1.82) is 0 Å². The van der Waals surface area contributed by atoms with E-state index in [0.29, 0.717) is 19.6 Å². The van der Waals surface area contributed by atoms with E-state index >= 15 is 0 Å². The first kappa shape index (κ1) is 36.4. The molecule has 0 radical (unpaired) electrons. The monoisotopic (exact) mass is 232 g/mol. The molecule has 0 atom stereocenters. The van der Waals surface area contributed by atoms with Gasteiger partial charge < -0.3 is 31.8 Å². The second-order valence-corrected chi connectivity index (χ2v) is 1.71. The van der Waals surface area contributed by atoms with Gasteiger partial charge in [-0.2, -0.15) is 0 Å². The zero-order valence-electron chi connectivity index (χ0n) is 7.16. The van der Waals surface area contributed by atoms with Gasteiger partial charge in [0, 0.05) is 19.6 Å². The average Bonchev–Trinajstić information content (AvgIpc) is 2.06. The van der Waals surface area contributed by atoms with Gasteiger partial charge in [-0.05, 0) is 0 Å². The maximum absolute atomic E-state index is 8.15. The van der Waals surface area contributed by atoms with Gasteiger partial charge in [0.2, 0.25) is 0 Å². The second kappa shape index (κ2) is 49.0. The third-order valence-corrected chi connectivity index (χ3v) is 0.706. The highest BCUT2D eigenvalue weighted by Crippen LogP contribution is 1.54. The van der Waals surface area contributed by atoms with Crippen molar-refractivity contribution in [2.75, 3.05) is 39.5 Å². The Morgan fingerprint density at radius 1 is 0.800 bits per heavy atom. The molecule has 0 aliphatic carbocycles. The topological polar surface area (TPSA) is 130 Å². The summed E-state index contributed by atoms with van der Waals surface area (Å²) in [5, 5.41) is 26.8. The van der Waals surface area contributed by atoms with Crippen molar-refractivity contribution in [2.24, 2.45) is 5.73 Å². The minimum Gasteiger partial charge on any atom is -0.412 e. The molecular formula is C9H32N2O4. The SMILES string of the molecule is C.C.C.NCCO.O.OCCNCCO. The molecule has 6 nitrogen and oxygen atoms in total. The minimum atomic E-state index is 0. The number of nitrogens with one attached hydrogen (secondary N) is 1. The number of aliphatic hydroxyl groups is 3. The quantitative estimate of drug-likeness (QED) is 0.371. The molecule has 8 N–H and O–H groups in total. The Morgan fingerprint density at radius 3 is 1.20 bits per heavy atom. The van der Waals surface area contributed by atoms with E-state index in [4.69, 9.17) is 21.1 Å². The third kappa shape index (κ3) is 84.0. The van der Waals surface area contributed by atoms with Crippen molar-refractivity contribution in [3.8, 4) is 0 Å². The van der Waals surface area contributed by atoms with Crippen molar-refractivity contribution in [3.63, 3.8) is 0 Å². The van der Waals surface area contributed by atoms with Crippen LogP contribution in [0.4, 0.5) is 0 Å². The molecule has 0 rings (SSSR count). The Hall–Kier alpha value is -0.240. The van der Waals surface area contributed by atoms with E-state index in [1.165, 1.54) is 0 Å². The summed E-state index contributed by atoms with van der Waals surface area (Å²) < 4.78 is 0. The molecular weight excluding hydrogens is 200 g/mol. The van der Waals surface area contributed by atoms with E-state index < -0.39 is 0 Å². The number of hydrogen-bond acceptors (Lipinski definition) is 5. The summed E-state index contributed by atoms with van der Waals surface area (Å²) in [4.78, 5) is 0. The molecule has 15 heavy (non-hydrogen) atoms. The predicted molar refractivity (Wildman–Crippen MR) is 67.0 cm³/mol. The summed E-state index contributed by atoms with van der Waals surface area (Å²) in [5.74, 6) is 0. The first-order valence-corrected chi connectivity index (χ1v) is 3.56. The van der Waals surface area contributed by atoms with E-state index in [1.807, 2.05) is 0 Å². The van der Waals surface area contributed by atoms with Crippen LogP contribution >= 0.6 is 0 Å². The van der Waals surface area contributed by atoms with E-state index in [9.17, 15) is 0 Å². The lowest BCUT2D eigenvalue weighted by Gasteiger charge is -1.94. The highest BCUT2D eigenvalue weighted by molar-refractivity contribution is 4.39. The normalized spacial score (nSPS) is 6.40. The number of nitrogens with two attached hydrogens (primary N) is 1. The van der Waals surface area contributed by atoms with Crippen LogP contribution in [-0.4, -0.2) is 60.3 Å². The Kier molecular flexibility index (Phi) is 119. The van der Waals surface area contributed by atoms with Crippen LogP contribution in [-0.2, 0) is 0 Å². The van der Waals surface area contributed by atoms with Gasteiger partial charge in [0.25, 0.3) is 0 Å². The van der Waals surface area contributed by atoms with E-state index in [0.717, 1.165) is 0 Å². The lowest BCUT2D eigenvalue weighted by molar-refractivity contribution is 0.266. The molecule has 0 aliphatic heterocycles. The first-order chi connectivity index (χ1) is 5.33. The third-order valence-electron chi connectivity index (χ3n) is 0.706. The van der Waals surface area contributed by atoms with Gasteiger partial charge in [-0.25, -0.2) is 0 Å². The van der Waals surface area contributed by atoms with Crippen LogP contribution in [0, 0.1) is 0 Å². The molecule has 0 bridgehead atoms. The van der Waals surface area contributed by atoms with Gasteiger partial charge in [0.15, 0.2) is 0 Å². The zero-order chi connectivity index (χ0) is 8.95. The molecule has 0 fully saturated rings. The van der Waals surface area contributed by atoms with Crippen molar-refractivity contribution in [1.82, 2.24) is 5.32 Å². The van der Waals surface area contributed by atoms with Crippen LogP contribution in [0.2, 0.25) is 0 Å². The van der Waals surface area contributed by atoms with Crippen molar-refractivity contribution >= 4 is 0 Å². The van der Waals surface area contributed by atoms with E-state index in [2.05, 4.69) is 5.32 Å². The predicted octanol–water partition coefficient (Wildman–Crippen LogP) is -1.42. The molecule has 0 saturated carbocycles. The molecule has 102 valence electrons. The Bertz CT molecular complexity index is 53.4. The van der Waals surface area contributed by atoms with Crippen LogP contribution in [0.3, 0.4) is 0 Å². The standard InChI is InChI=1S/C4H11NO2.C2H7NO.3CH4.H2O/c6-3-1-5-2-4-7;3-1-2-4;;;;/h5-7H,1-4H2;4H,1-3H2;3*1H4;1H2. The fourth-order valence-corrected chi connectivity index (χ4v) is 0.283. The van der Waals surface area contributed by atoms with E-state index in [1.54, 1.807) is 0 Å². The van der Waals surface area contributed by atoms with Crippen molar-refractivity contribution in [3.05, 3.63) is 0 Å². The van der Waals surface area contributed by atoms with Crippen LogP contribution in [0.25, 0.3) is 0 Å². The molecule has 0 heterocycles. The highest BCUT2D eigenvalue weighted by atomic mass is 16.3. The fraction of sp³-hybridized carbons (Fsp3) is 1.00. The molecule has 0 aliphatic rings. The average molecular weight is 232 g/mol. The summed E-state index contributed by atoms with van der Waals surface area (Å²) in [6, 6.07) is 0. The summed E-state index contributed by atoms with van der Waals surface area (Å²) in [6.07, 6.45) is 0. The first-order valence-electron chi connectivity index (χ1n) is 3.56. The van der Waals surface area contributed by atoms with E-state index in [-0.39, 0.29) is 47.6 Å². The molecule has 6 heteroatoms. The lowest BCUT2D eigenvalue weighted by Crippen LogP contribution is -2.21. The fourth-order valence-electron chi connectivity index (χ4n) is 0.283. The van der Waals surface area contributed by atoms with Crippen LogP contribution in [0.1, 0.15) is 22.3 Å². The van der Waals surface area contributed by atoms with Crippen molar-refractivity contribution < 1.29 is 20.8 Å². The van der Waals surface area contributed by atoms with Gasteiger partial charge in [0.1, 0.15) is 0 Å². The van der Waals surface area contributed by atoms with Crippen LogP contribution < -0.4 is 11.1 Å². The Morgan fingerprint density at radius 2 is 1.07 bits per heavy atom. The van der Waals surface area contributed by atoms with Gasteiger partial charge in [-0.1, -0.05) is 22.3 Å². The summed E-state index contributed by atoms with van der Waals surface area (Å²) >= 11 is 0. The number of aliphatic hydroxyl groups excluding tert-OH is 3. The van der Waals surface area contributed by atoms with Gasteiger partial charge in [-0.15, -0.1) is 0 Å². The molecule has 0 aromatic carbocycles. The van der Waals surface area contributed by atoms with Gasteiger partial charge in [0.05, 0.1) is 19.8 Å². The van der Waals surface area contributed by atoms with Crippen LogP contribution in [0.15, 0.2) is 0 Å². The maximum atomic E-state index is 8.15. The van der Waals surface area contributed by atoms with Gasteiger partial charge >= 0.3 is 0 Å². The zero-order valence-corrected chi connectivity index (χ0v) is 7.16. The smallest absolute Gasteiger partial charge is 0.0555 e. The molecule has 0 unspecified atom stereocenters. The molecule has 0 saturated heterocycles. The number of hydrogen-bond donors (Lipinski definition) is 5. The summed E-state index contributed by atoms with van der Waals surface area (Å²) in [7, 11) is 0. The minimum absolute atomic E-state index is 0. The summed E-state index contributed by atoms with van der Waals surface area (Å²) in [6.45, 7) is 1.89. The lowest BCUT2D eigenvalue weighted by atomic mass is 10.6. The summed E-state index contributed by atoms with van der Waals surface area (Å²) in [5.41, 5.74) is 4.78. The Balaban J connectivity index is -0.0000000230. The van der Waals surface area contributed by atoms with Gasteiger partial charge in [-0.3, -0.25) is 0 Å². The largest absolute Gasteiger partial charge is 0.412 e. The molecule has 0 spiro atoms. The highest BCUT2D eigenvalue weighted by Gasteiger charge is 1.78. The van der Waals surface area contributed by atoms with Crippen molar-refractivity contribution in [2.45, 2.75) is 22.3 Å². The maximum Gasteiger partial charge on any atom is 0.0555 e.